The molecule has 1 aromatic heterocycles. The van der Waals surface area contributed by atoms with Gasteiger partial charge in [-0.15, -0.1) is 0 Å². The largest absolute Gasteiger partial charge is 0.497 e. The molecule has 1 N–H and O–H groups in total. The van der Waals surface area contributed by atoms with Crippen molar-refractivity contribution in [2.45, 2.75) is 31.8 Å². The van der Waals surface area contributed by atoms with Crippen LogP contribution in [-0.2, 0) is 0 Å². The lowest BCUT2D eigenvalue weighted by molar-refractivity contribution is 0.200. The number of rotatable bonds is 5. The number of benzene rings is 1. The summed E-state index contributed by atoms with van der Waals surface area (Å²) in [6.45, 7) is 1.82. The lowest BCUT2D eigenvalue weighted by Gasteiger charge is -2.19. The predicted octanol–water partition coefficient (Wildman–Crippen LogP) is 2.61. The lowest BCUT2D eigenvalue weighted by Crippen LogP contribution is -2.39. The summed E-state index contributed by atoms with van der Waals surface area (Å²) in [4.78, 5) is 18.2. The average molecular weight is 316 g/mol. The van der Waals surface area contributed by atoms with Gasteiger partial charge < -0.3 is 19.5 Å². The van der Waals surface area contributed by atoms with Crippen molar-refractivity contribution in [1.29, 1.82) is 0 Å². The number of hydrogen-bond acceptors (Lipinski definition) is 5. The number of amides is 2. The minimum Gasteiger partial charge on any atom is -0.497 e. The third-order valence-corrected chi connectivity index (χ3v) is 3.90. The quantitative estimate of drug-likeness (QED) is 0.917. The van der Waals surface area contributed by atoms with Crippen molar-refractivity contribution in [3.63, 3.8) is 0 Å². The van der Waals surface area contributed by atoms with E-state index in [9.17, 15) is 4.79 Å². The summed E-state index contributed by atoms with van der Waals surface area (Å²) >= 11 is 0. The summed E-state index contributed by atoms with van der Waals surface area (Å²) in [5.74, 6) is 1.57. The van der Waals surface area contributed by atoms with E-state index in [0.717, 1.165) is 24.2 Å². The Kier molecular flexibility index (Phi) is 4.18. The van der Waals surface area contributed by atoms with E-state index in [1.165, 1.54) is 0 Å². The second-order valence-electron chi connectivity index (χ2n) is 5.70. The Balaban J connectivity index is 1.69. The maximum absolute atomic E-state index is 12.1. The van der Waals surface area contributed by atoms with Gasteiger partial charge >= 0.3 is 6.03 Å². The smallest absolute Gasteiger partial charge is 0.318 e. The van der Waals surface area contributed by atoms with E-state index in [1.807, 2.05) is 31.2 Å². The number of nitrogens with one attached hydrogen (secondary N) is 1. The first kappa shape index (κ1) is 15.3. The number of nitrogens with zero attached hydrogens (tertiary/aromatic N) is 3. The van der Waals surface area contributed by atoms with E-state index in [2.05, 4.69) is 15.5 Å². The molecule has 0 aliphatic heterocycles. The Hall–Kier alpha value is -2.57. The standard InChI is InChI=1S/C16H20N4O3/c1-10(17-16(21)20(2)12-7-8-12)15-18-14(19-23-15)11-5-4-6-13(9-11)22-3/h4-6,9-10,12H,7-8H2,1-3H3,(H,17,21)/t10-/m1/s1. The molecule has 1 heterocycles. The first-order chi connectivity index (χ1) is 11.1. The number of carbonyl (C=O) groups is 1. The van der Waals surface area contributed by atoms with Crippen LogP contribution in [0.5, 0.6) is 5.75 Å². The van der Waals surface area contributed by atoms with Gasteiger partial charge in [-0.2, -0.15) is 4.98 Å². The summed E-state index contributed by atoms with van der Waals surface area (Å²) in [6, 6.07) is 7.30. The van der Waals surface area contributed by atoms with Gasteiger partial charge in [-0.25, -0.2) is 4.79 Å². The van der Waals surface area contributed by atoms with Gasteiger partial charge in [-0.1, -0.05) is 17.3 Å². The highest BCUT2D eigenvalue weighted by Gasteiger charge is 2.30. The normalized spacial score (nSPS) is 15.1. The molecular weight excluding hydrogens is 296 g/mol. The van der Waals surface area contributed by atoms with Crippen LogP contribution in [0.15, 0.2) is 28.8 Å². The number of hydrogen-bond donors (Lipinski definition) is 1. The van der Waals surface area contributed by atoms with Crippen molar-refractivity contribution >= 4 is 6.03 Å². The minimum atomic E-state index is -0.351. The highest BCUT2D eigenvalue weighted by atomic mass is 16.5. The van der Waals surface area contributed by atoms with E-state index < -0.39 is 0 Å². The van der Waals surface area contributed by atoms with Gasteiger partial charge in [0.1, 0.15) is 11.8 Å². The van der Waals surface area contributed by atoms with Gasteiger partial charge in [0.25, 0.3) is 0 Å². The van der Waals surface area contributed by atoms with Crippen molar-refractivity contribution in [3.8, 4) is 17.1 Å². The van der Waals surface area contributed by atoms with Crippen LogP contribution in [0.1, 0.15) is 31.7 Å². The van der Waals surface area contributed by atoms with Crippen molar-refractivity contribution in [1.82, 2.24) is 20.4 Å². The molecule has 1 saturated carbocycles. The monoisotopic (exact) mass is 316 g/mol. The molecule has 0 radical (unpaired) electrons. The second kappa shape index (κ2) is 6.28. The summed E-state index contributed by atoms with van der Waals surface area (Å²) < 4.78 is 10.5. The Morgan fingerprint density at radius 2 is 2.26 bits per heavy atom. The zero-order valence-corrected chi connectivity index (χ0v) is 13.4. The maximum atomic E-state index is 12.1. The molecule has 1 fully saturated rings. The van der Waals surface area contributed by atoms with Crippen molar-refractivity contribution in [2.75, 3.05) is 14.2 Å². The Morgan fingerprint density at radius 1 is 1.48 bits per heavy atom. The van der Waals surface area contributed by atoms with E-state index in [4.69, 9.17) is 9.26 Å². The second-order valence-corrected chi connectivity index (χ2v) is 5.70. The Morgan fingerprint density at radius 3 is 2.96 bits per heavy atom. The van der Waals surface area contributed by atoms with Gasteiger partial charge in [0.2, 0.25) is 11.7 Å². The Bertz CT molecular complexity index is 696. The van der Waals surface area contributed by atoms with Gasteiger partial charge in [-0.3, -0.25) is 0 Å². The van der Waals surface area contributed by atoms with Crippen LogP contribution in [0.4, 0.5) is 4.79 Å². The number of ether oxygens (including phenoxy) is 1. The van der Waals surface area contributed by atoms with Gasteiger partial charge in [-0.05, 0) is 31.9 Å². The third-order valence-electron chi connectivity index (χ3n) is 3.90. The summed E-state index contributed by atoms with van der Waals surface area (Å²) in [7, 11) is 3.41. The molecule has 0 unspecified atom stereocenters. The fraction of sp³-hybridized carbons (Fsp3) is 0.438. The highest BCUT2D eigenvalue weighted by Crippen LogP contribution is 2.26. The van der Waals surface area contributed by atoms with Crippen LogP contribution in [0.3, 0.4) is 0 Å². The van der Waals surface area contributed by atoms with Crippen LogP contribution in [0.25, 0.3) is 11.4 Å². The molecule has 122 valence electrons. The van der Waals surface area contributed by atoms with Crippen LogP contribution < -0.4 is 10.1 Å². The number of methoxy groups -OCH3 is 1. The highest BCUT2D eigenvalue weighted by molar-refractivity contribution is 5.75. The van der Waals surface area contributed by atoms with Crippen molar-refractivity contribution in [2.24, 2.45) is 0 Å². The minimum absolute atomic E-state index is 0.124. The lowest BCUT2D eigenvalue weighted by atomic mass is 10.2. The molecule has 0 spiro atoms. The first-order valence-corrected chi connectivity index (χ1v) is 7.60. The van der Waals surface area contributed by atoms with Crippen LogP contribution in [0, 0.1) is 0 Å². The fourth-order valence-corrected chi connectivity index (χ4v) is 2.27. The molecule has 2 aromatic rings. The average Bonchev–Trinajstić information content (AvgIpc) is 3.30. The molecule has 0 saturated heterocycles. The first-order valence-electron chi connectivity index (χ1n) is 7.60. The SMILES string of the molecule is COc1cccc(-c2noc([C@@H](C)NC(=O)N(C)C3CC3)n2)c1. The number of carbonyl (C=O) groups excluding carboxylic acids is 1. The van der Waals surface area contributed by atoms with Crippen LogP contribution in [-0.4, -0.2) is 41.3 Å². The molecular formula is C16H20N4O3. The molecule has 1 atom stereocenters. The summed E-state index contributed by atoms with van der Waals surface area (Å²) in [6.07, 6.45) is 2.14. The zero-order valence-electron chi connectivity index (χ0n) is 13.4. The molecule has 2 amide bonds. The zero-order chi connectivity index (χ0) is 16.4. The van der Waals surface area contributed by atoms with Gasteiger partial charge in [0, 0.05) is 18.7 Å². The van der Waals surface area contributed by atoms with E-state index in [1.54, 1.807) is 19.1 Å². The number of aromatic nitrogens is 2. The van der Waals surface area contributed by atoms with E-state index >= 15 is 0 Å². The van der Waals surface area contributed by atoms with Gasteiger partial charge in [0.15, 0.2) is 0 Å². The molecule has 7 heteroatoms. The number of urea groups is 1. The van der Waals surface area contributed by atoms with Gasteiger partial charge in [0.05, 0.1) is 7.11 Å². The fourth-order valence-electron chi connectivity index (χ4n) is 2.27. The van der Waals surface area contributed by atoms with E-state index in [0.29, 0.717) is 17.8 Å². The van der Waals surface area contributed by atoms with Crippen molar-refractivity contribution in [3.05, 3.63) is 30.2 Å². The molecule has 7 nitrogen and oxygen atoms in total. The van der Waals surface area contributed by atoms with Crippen LogP contribution >= 0.6 is 0 Å². The van der Waals surface area contributed by atoms with E-state index in [-0.39, 0.29) is 12.1 Å². The molecule has 1 aromatic carbocycles. The van der Waals surface area contributed by atoms with Crippen LogP contribution in [0.2, 0.25) is 0 Å². The Labute approximate surface area is 134 Å². The third kappa shape index (κ3) is 3.44. The molecule has 1 aliphatic carbocycles. The molecule has 23 heavy (non-hydrogen) atoms. The van der Waals surface area contributed by atoms with Crippen molar-refractivity contribution < 1.29 is 14.1 Å². The summed E-state index contributed by atoms with van der Waals surface area (Å²) in [5.41, 5.74) is 0.799. The summed E-state index contributed by atoms with van der Waals surface area (Å²) in [5, 5.41) is 6.85. The molecule has 0 bridgehead atoms. The maximum Gasteiger partial charge on any atom is 0.318 e. The predicted molar refractivity (Wildman–Crippen MR) is 84.0 cm³/mol. The topological polar surface area (TPSA) is 80.5 Å². The molecule has 1 aliphatic rings. The molecule has 3 rings (SSSR count).